The molecule has 0 aliphatic rings. The molecule has 1 aromatic heterocycles. The summed E-state index contributed by atoms with van der Waals surface area (Å²) < 4.78 is 8.08. The molecule has 0 bridgehead atoms. The number of aromatic nitrogens is 1. The fourth-order valence-corrected chi connectivity index (χ4v) is 3.03. The molecule has 0 radical (unpaired) electrons. The third-order valence-electron chi connectivity index (χ3n) is 3.03. The fraction of sp³-hybridized carbons (Fsp3) is 0.400. The SMILES string of the molecule is CS(C)(C)CCOCn1ccc2cccc(Br)c2c1=O. The molecule has 20 heavy (non-hydrogen) atoms. The van der Waals surface area contributed by atoms with E-state index < -0.39 is 10.0 Å². The molecule has 2 aromatic rings. The van der Waals surface area contributed by atoms with Crippen LogP contribution in [-0.2, 0) is 11.5 Å². The molecule has 0 fully saturated rings. The van der Waals surface area contributed by atoms with Gasteiger partial charge in [-0.05, 0) is 52.2 Å². The number of halogens is 1. The molecule has 110 valence electrons. The van der Waals surface area contributed by atoms with Crippen LogP contribution in [0.1, 0.15) is 0 Å². The molecule has 2 rings (SSSR count). The Labute approximate surface area is 129 Å². The molecule has 0 saturated heterocycles. The smallest absolute Gasteiger partial charge is 0.261 e. The zero-order valence-corrected chi connectivity index (χ0v) is 14.5. The van der Waals surface area contributed by atoms with E-state index in [-0.39, 0.29) is 5.56 Å². The molecular weight excluding hydrogens is 338 g/mol. The molecular formula is C15H20BrNO2S. The van der Waals surface area contributed by atoms with Crippen molar-refractivity contribution in [2.75, 3.05) is 31.1 Å². The van der Waals surface area contributed by atoms with E-state index >= 15 is 0 Å². The lowest BCUT2D eigenvalue weighted by atomic mass is 10.2. The Balaban J connectivity index is 2.14. The van der Waals surface area contributed by atoms with Crippen molar-refractivity contribution < 1.29 is 4.74 Å². The van der Waals surface area contributed by atoms with Crippen LogP contribution in [0.4, 0.5) is 0 Å². The topological polar surface area (TPSA) is 31.2 Å². The number of fused-ring (bicyclic) bond motifs is 1. The van der Waals surface area contributed by atoms with Crippen molar-refractivity contribution in [2.24, 2.45) is 0 Å². The van der Waals surface area contributed by atoms with E-state index in [0.29, 0.717) is 18.7 Å². The van der Waals surface area contributed by atoms with E-state index in [1.165, 1.54) is 0 Å². The Morgan fingerprint density at radius 2 is 2.00 bits per heavy atom. The summed E-state index contributed by atoms with van der Waals surface area (Å²) >= 11 is 3.44. The van der Waals surface area contributed by atoms with Crippen molar-refractivity contribution in [1.29, 1.82) is 0 Å². The molecule has 3 nitrogen and oxygen atoms in total. The predicted octanol–water partition coefficient (Wildman–Crippen LogP) is 3.43. The minimum Gasteiger partial charge on any atom is -0.360 e. The zero-order chi connectivity index (χ0) is 14.8. The fourth-order valence-electron chi connectivity index (χ4n) is 1.86. The third-order valence-corrected chi connectivity index (χ3v) is 5.08. The van der Waals surface area contributed by atoms with E-state index in [2.05, 4.69) is 34.7 Å². The van der Waals surface area contributed by atoms with Gasteiger partial charge in [-0.15, -0.1) is 0 Å². The summed E-state index contributed by atoms with van der Waals surface area (Å²) in [5.41, 5.74) is -0.0157. The quantitative estimate of drug-likeness (QED) is 0.767. The summed E-state index contributed by atoms with van der Waals surface area (Å²) in [5, 5.41) is 1.65. The number of pyridine rings is 1. The molecule has 0 spiro atoms. The highest BCUT2D eigenvalue weighted by Gasteiger charge is 2.07. The van der Waals surface area contributed by atoms with Gasteiger partial charge in [0.15, 0.2) is 0 Å². The lowest BCUT2D eigenvalue weighted by Gasteiger charge is -2.24. The first-order chi connectivity index (χ1) is 9.38. The molecule has 0 atom stereocenters. The van der Waals surface area contributed by atoms with Gasteiger partial charge in [0.1, 0.15) is 6.73 Å². The second kappa shape index (κ2) is 6.33. The lowest BCUT2D eigenvalue weighted by molar-refractivity contribution is 0.0875. The maximum absolute atomic E-state index is 12.4. The van der Waals surface area contributed by atoms with E-state index in [0.717, 1.165) is 15.6 Å². The van der Waals surface area contributed by atoms with Crippen LogP contribution in [0, 0.1) is 0 Å². The number of ether oxygens (including phenoxy) is 1. The average molecular weight is 358 g/mol. The second-order valence-electron chi connectivity index (χ2n) is 5.63. The van der Waals surface area contributed by atoms with Crippen LogP contribution in [0.15, 0.2) is 39.7 Å². The van der Waals surface area contributed by atoms with Crippen molar-refractivity contribution in [3.8, 4) is 0 Å². The van der Waals surface area contributed by atoms with Gasteiger partial charge in [-0.3, -0.25) is 9.36 Å². The van der Waals surface area contributed by atoms with Crippen molar-refractivity contribution in [1.82, 2.24) is 4.57 Å². The minimum absolute atomic E-state index is 0.0157. The highest BCUT2D eigenvalue weighted by atomic mass is 79.9. The summed E-state index contributed by atoms with van der Waals surface area (Å²) in [7, 11) is -0.550. The van der Waals surface area contributed by atoms with E-state index in [4.69, 9.17) is 4.74 Å². The molecule has 0 N–H and O–H groups in total. The molecule has 0 amide bonds. The molecule has 0 unspecified atom stereocenters. The lowest BCUT2D eigenvalue weighted by Crippen LogP contribution is -2.22. The van der Waals surface area contributed by atoms with Crippen LogP contribution in [0.25, 0.3) is 10.8 Å². The Hall–Kier alpha value is -0.780. The van der Waals surface area contributed by atoms with Gasteiger partial charge in [0.2, 0.25) is 0 Å². The summed E-state index contributed by atoms with van der Waals surface area (Å²) in [6, 6.07) is 7.70. The normalized spacial score (nSPS) is 12.8. The maximum Gasteiger partial charge on any atom is 0.261 e. The van der Waals surface area contributed by atoms with Gasteiger partial charge >= 0.3 is 0 Å². The summed E-state index contributed by atoms with van der Waals surface area (Å²) in [6.07, 6.45) is 8.57. The zero-order valence-electron chi connectivity index (χ0n) is 12.1. The Morgan fingerprint density at radius 1 is 1.25 bits per heavy atom. The molecule has 0 aliphatic carbocycles. The molecule has 0 aliphatic heterocycles. The van der Waals surface area contributed by atoms with Gasteiger partial charge in [-0.2, -0.15) is 0 Å². The van der Waals surface area contributed by atoms with Gasteiger partial charge in [0.25, 0.3) is 5.56 Å². The van der Waals surface area contributed by atoms with Crippen molar-refractivity contribution in [3.05, 3.63) is 45.3 Å². The van der Waals surface area contributed by atoms with Crippen LogP contribution in [0.2, 0.25) is 0 Å². The summed E-state index contributed by atoms with van der Waals surface area (Å²) in [6.45, 7) is 1.00. The minimum atomic E-state index is -0.550. The number of nitrogens with zero attached hydrogens (tertiary/aromatic N) is 1. The van der Waals surface area contributed by atoms with Crippen LogP contribution in [0.3, 0.4) is 0 Å². The monoisotopic (exact) mass is 357 g/mol. The standard InChI is InChI=1S/C15H20BrNO2S/c1-20(2,3)10-9-19-11-17-8-7-12-5-4-6-13(16)14(12)15(17)18/h4-8H,9-11H2,1-3H3. The molecule has 1 aromatic carbocycles. The third kappa shape index (κ3) is 3.87. The molecule has 5 heteroatoms. The maximum atomic E-state index is 12.4. The predicted molar refractivity (Wildman–Crippen MR) is 92.1 cm³/mol. The van der Waals surface area contributed by atoms with Gasteiger partial charge in [-0.1, -0.05) is 12.1 Å². The highest BCUT2D eigenvalue weighted by Crippen LogP contribution is 2.33. The van der Waals surface area contributed by atoms with E-state index in [1.54, 1.807) is 10.8 Å². The average Bonchev–Trinajstić information content (AvgIpc) is 2.35. The van der Waals surface area contributed by atoms with E-state index in [9.17, 15) is 4.79 Å². The second-order valence-corrected chi connectivity index (χ2v) is 11.1. The first kappa shape index (κ1) is 15.6. The van der Waals surface area contributed by atoms with Crippen LogP contribution >= 0.6 is 26.0 Å². The van der Waals surface area contributed by atoms with Crippen LogP contribution in [0.5, 0.6) is 0 Å². The van der Waals surface area contributed by atoms with Crippen LogP contribution in [-0.4, -0.2) is 35.7 Å². The van der Waals surface area contributed by atoms with Crippen molar-refractivity contribution in [2.45, 2.75) is 6.73 Å². The van der Waals surface area contributed by atoms with Crippen molar-refractivity contribution in [3.63, 3.8) is 0 Å². The number of benzene rings is 1. The molecule has 0 saturated carbocycles. The van der Waals surface area contributed by atoms with Gasteiger partial charge in [0, 0.05) is 16.4 Å². The Bertz CT molecular complexity index is 661. The number of hydrogen-bond donors (Lipinski definition) is 0. The first-order valence-electron chi connectivity index (χ1n) is 6.40. The van der Waals surface area contributed by atoms with Crippen LogP contribution < -0.4 is 5.56 Å². The summed E-state index contributed by atoms with van der Waals surface area (Å²) in [4.78, 5) is 12.4. The Kier molecular flexibility index (Phi) is 4.94. The van der Waals surface area contributed by atoms with Crippen molar-refractivity contribution >= 4 is 36.7 Å². The highest BCUT2D eigenvalue weighted by molar-refractivity contribution is 9.10. The first-order valence-corrected chi connectivity index (χ1v) is 10.2. The number of hydrogen-bond acceptors (Lipinski definition) is 2. The van der Waals surface area contributed by atoms with Gasteiger partial charge < -0.3 is 4.74 Å². The Morgan fingerprint density at radius 3 is 2.70 bits per heavy atom. The molecule has 1 heterocycles. The van der Waals surface area contributed by atoms with Gasteiger partial charge in [0.05, 0.1) is 12.0 Å². The largest absolute Gasteiger partial charge is 0.360 e. The van der Waals surface area contributed by atoms with Gasteiger partial charge in [-0.25, -0.2) is 10.0 Å². The number of rotatable bonds is 5. The van der Waals surface area contributed by atoms with E-state index in [1.807, 2.05) is 24.3 Å². The summed E-state index contributed by atoms with van der Waals surface area (Å²) in [5.74, 6) is 1.05.